The Labute approximate surface area is 138 Å². The average molecular weight is 334 g/mol. The van der Waals surface area contributed by atoms with E-state index in [1.54, 1.807) is 5.38 Å². The Morgan fingerprint density at radius 1 is 1.39 bits per heavy atom. The Balaban J connectivity index is 2.27. The number of carbonyl (C=O) groups is 1. The molecule has 0 aliphatic carbocycles. The lowest BCUT2D eigenvalue weighted by Gasteiger charge is -2.31. The summed E-state index contributed by atoms with van der Waals surface area (Å²) in [5.41, 5.74) is 0.589. The number of ether oxygens (including phenoxy) is 1. The molecule has 1 heterocycles. The summed E-state index contributed by atoms with van der Waals surface area (Å²) < 4.78 is 4.99. The van der Waals surface area contributed by atoms with Crippen LogP contribution in [0.15, 0.2) is 41.8 Å². The number of thiophene rings is 1. The molecule has 0 saturated carbocycles. The molecule has 0 bridgehead atoms. The van der Waals surface area contributed by atoms with Gasteiger partial charge in [0, 0.05) is 18.0 Å². The number of benzene rings is 1. The lowest BCUT2D eigenvalue weighted by molar-refractivity contribution is -0.380. The van der Waals surface area contributed by atoms with Gasteiger partial charge in [0.05, 0.1) is 12.0 Å². The molecule has 0 spiro atoms. The first kappa shape index (κ1) is 17.1. The van der Waals surface area contributed by atoms with E-state index in [1.807, 2.05) is 37.3 Å². The van der Waals surface area contributed by atoms with Crippen LogP contribution in [0.3, 0.4) is 0 Å². The highest BCUT2D eigenvalue weighted by Gasteiger charge is 2.39. The third-order valence-electron chi connectivity index (χ3n) is 3.74. The predicted octanol–water partition coefficient (Wildman–Crippen LogP) is 3.22. The van der Waals surface area contributed by atoms with Gasteiger partial charge in [0.25, 0.3) is 0 Å². The zero-order chi connectivity index (χ0) is 16.9. The van der Waals surface area contributed by atoms with Crippen molar-refractivity contribution < 1.29 is 14.5 Å². The maximum atomic E-state index is 12.4. The number of hydrogen-bond donors (Lipinski definition) is 1. The molecule has 2 rings (SSSR count). The molecule has 0 aliphatic heterocycles. The molecule has 1 atom stereocenters. The minimum Gasteiger partial charge on any atom is -0.467 e. The van der Waals surface area contributed by atoms with E-state index < -0.39 is 10.5 Å². The number of esters is 1. The van der Waals surface area contributed by atoms with Crippen molar-refractivity contribution in [2.24, 2.45) is 0 Å². The molecule has 0 saturated heterocycles. The number of rotatable bonds is 7. The van der Waals surface area contributed by atoms with Crippen LogP contribution in [0.1, 0.15) is 24.5 Å². The Morgan fingerprint density at radius 3 is 2.61 bits per heavy atom. The number of nitro groups is 1. The smallest absolute Gasteiger partial charge is 0.330 e. The average Bonchev–Trinajstić information content (AvgIpc) is 3.06. The quantitative estimate of drug-likeness (QED) is 0.477. The number of carbonyl (C=O) groups excluding carboxylic acids is 1. The van der Waals surface area contributed by atoms with E-state index in [9.17, 15) is 14.9 Å². The van der Waals surface area contributed by atoms with Gasteiger partial charge in [-0.1, -0.05) is 48.6 Å². The van der Waals surface area contributed by atoms with E-state index in [0.717, 1.165) is 22.5 Å². The third-order valence-corrected chi connectivity index (χ3v) is 4.67. The van der Waals surface area contributed by atoms with Gasteiger partial charge in [0.1, 0.15) is 5.54 Å². The van der Waals surface area contributed by atoms with Crippen LogP contribution in [-0.2, 0) is 21.6 Å². The minimum atomic E-state index is -0.979. The summed E-state index contributed by atoms with van der Waals surface area (Å²) in [5, 5.41) is 15.8. The molecule has 1 aromatic heterocycles. The molecule has 1 aromatic carbocycles. The van der Waals surface area contributed by atoms with Crippen LogP contribution in [0.5, 0.6) is 0 Å². The molecule has 7 heteroatoms. The lowest BCUT2D eigenvalue weighted by Crippen LogP contribution is -2.49. The van der Waals surface area contributed by atoms with E-state index >= 15 is 0 Å². The molecule has 0 fully saturated rings. The maximum Gasteiger partial charge on any atom is 0.330 e. The van der Waals surface area contributed by atoms with Crippen molar-refractivity contribution in [2.45, 2.75) is 25.4 Å². The van der Waals surface area contributed by atoms with Gasteiger partial charge in [-0.05, 0) is 17.5 Å². The van der Waals surface area contributed by atoms with Gasteiger partial charge in [-0.3, -0.25) is 15.4 Å². The van der Waals surface area contributed by atoms with Crippen molar-refractivity contribution in [3.63, 3.8) is 0 Å². The fourth-order valence-corrected chi connectivity index (χ4v) is 3.20. The number of methoxy groups -OCH3 is 1. The summed E-state index contributed by atoms with van der Waals surface area (Å²) in [6.45, 7) is 2.23. The highest BCUT2D eigenvalue weighted by molar-refractivity contribution is 7.13. The molecule has 0 aliphatic rings. The molecule has 1 N–H and O–H groups in total. The van der Waals surface area contributed by atoms with Crippen molar-refractivity contribution in [2.75, 3.05) is 7.11 Å². The Morgan fingerprint density at radius 2 is 2.09 bits per heavy atom. The molecular formula is C16H18N2O4S. The number of nitrogens with zero attached hydrogens (tertiary/aromatic N) is 1. The van der Waals surface area contributed by atoms with Gasteiger partial charge >= 0.3 is 11.0 Å². The molecule has 2 aromatic rings. The van der Waals surface area contributed by atoms with Crippen LogP contribution in [0, 0.1) is 10.1 Å². The highest BCUT2D eigenvalue weighted by atomic mass is 32.1. The molecule has 122 valence electrons. The monoisotopic (exact) mass is 334 g/mol. The van der Waals surface area contributed by atoms with Gasteiger partial charge < -0.3 is 4.74 Å². The first-order valence-electron chi connectivity index (χ1n) is 7.14. The topological polar surface area (TPSA) is 81.5 Å². The first-order valence-corrected chi connectivity index (χ1v) is 8.02. The second-order valence-corrected chi connectivity index (χ2v) is 5.91. The normalized spacial score (nSPS) is 13.3. The van der Waals surface area contributed by atoms with Crippen molar-refractivity contribution >= 4 is 22.3 Å². The lowest BCUT2D eigenvalue weighted by atomic mass is 9.87. The number of nitrogens with one attached hydrogen (secondary N) is 1. The fourth-order valence-electron chi connectivity index (χ4n) is 2.47. The molecule has 0 radical (unpaired) electrons. The summed E-state index contributed by atoms with van der Waals surface area (Å²) in [7, 11) is 1.35. The Bertz CT molecular complexity index is 686. The zero-order valence-corrected chi connectivity index (χ0v) is 13.8. The summed E-state index contributed by atoms with van der Waals surface area (Å²) in [4.78, 5) is 22.8. The second-order valence-electron chi connectivity index (χ2n) is 5.02. The molecule has 6 nitrogen and oxygen atoms in total. The van der Waals surface area contributed by atoms with Crippen LogP contribution in [0.4, 0.5) is 5.00 Å². The number of hydrogen-bond acceptors (Lipinski definition) is 6. The Hall–Kier alpha value is -2.25. The maximum absolute atomic E-state index is 12.4. The van der Waals surface area contributed by atoms with Crippen molar-refractivity contribution in [1.29, 1.82) is 0 Å². The van der Waals surface area contributed by atoms with E-state index in [-0.39, 0.29) is 11.0 Å². The highest BCUT2D eigenvalue weighted by Crippen LogP contribution is 2.28. The van der Waals surface area contributed by atoms with Crippen molar-refractivity contribution in [1.82, 2.24) is 5.32 Å². The molecule has 1 unspecified atom stereocenters. The van der Waals surface area contributed by atoms with E-state index in [1.165, 1.54) is 13.2 Å². The summed E-state index contributed by atoms with van der Waals surface area (Å²) in [6.07, 6.45) is 0.496. The minimum absolute atomic E-state index is 0.0849. The SMILES string of the molecule is CCC(NCc1csc([N+](=O)[O-])c1)(C(=O)OC)c1ccccc1. The van der Waals surface area contributed by atoms with Crippen molar-refractivity contribution in [3.8, 4) is 0 Å². The molecular weight excluding hydrogens is 316 g/mol. The van der Waals surface area contributed by atoms with Crippen LogP contribution in [-0.4, -0.2) is 18.0 Å². The van der Waals surface area contributed by atoms with Gasteiger partial charge in [-0.25, -0.2) is 4.79 Å². The van der Waals surface area contributed by atoms with E-state index in [0.29, 0.717) is 13.0 Å². The van der Waals surface area contributed by atoms with Crippen LogP contribution in [0.25, 0.3) is 0 Å². The molecule has 0 amide bonds. The van der Waals surface area contributed by atoms with E-state index in [2.05, 4.69) is 5.32 Å². The van der Waals surface area contributed by atoms with Crippen LogP contribution < -0.4 is 5.32 Å². The summed E-state index contributed by atoms with van der Waals surface area (Å²) >= 11 is 1.07. The van der Waals surface area contributed by atoms with Crippen LogP contribution >= 0.6 is 11.3 Å². The summed E-state index contributed by atoms with van der Waals surface area (Å²) in [6, 6.07) is 10.8. The zero-order valence-electron chi connectivity index (χ0n) is 12.9. The largest absolute Gasteiger partial charge is 0.467 e. The summed E-state index contributed by atoms with van der Waals surface area (Å²) in [5.74, 6) is -0.379. The Kier molecular flexibility index (Phi) is 5.46. The molecule has 23 heavy (non-hydrogen) atoms. The second kappa shape index (κ2) is 7.34. The van der Waals surface area contributed by atoms with E-state index in [4.69, 9.17) is 4.74 Å². The van der Waals surface area contributed by atoms with Gasteiger partial charge in [-0.15, -0.1) is 0 Å². The fraction of sp³-hybridized carbons (Fsp3) is 0.312. The third kappa shape index (κ3) is 3.57. The van der Waals surface area contributed by atoms with Crippen molar-refractivity contribution in [3.05, 3.63) is 63.0 Å². The van der Waals surface area contributed by atoms with Gasteiger partial charge in [-0.2, -0.15) is 0 Å². The van der Waals surface area contributed by atoms with Crippen LogP contribution in [0.2, 0.25) is 0 Å². The van der Waals surface area contributed by atoms with Gasteiger partial charge in [0.2, 0.25) is 0 Å². The first-order chi connectivity index (χ1) is 11.0. The predicted molar refractivity (Wildman–Crippen MR) is 88.2 cm³/mol. The van der Waals surface area contributed by atoms with Gasteiger partial charge in [0.15, 0.2) is 0 Å². The standard InChI is InChI=1S/C16H18N2O4S/c1-3-16(15(19)22-2,13-7-5-4-6-8-13)17-10-12-9-14(18(20)21)23-11-12/h4-9,11,17H,3,10H2,1-2H3.